The molecule has 0 aromatic carbocycles. The van der Waals surface area contributed by atoms with E-state index in [2.05, 4.69) is 45.0 Å². The quantitative estimate of drug-likeness (QED) is 0.712. The molecule has 1 nitrogen and oxygen atoms in total. The highest BCUT2D eigenvalue weighted by molar-refractivity contribution is 9.10. The smallest absolute Gasteiger partial charge is 0.0561 e. The molecule has 1 unspecified atom stereocenters. The van der Waals surface area contributed by atoms with Gasteiger partial charge in [-0.3, -0.25) is 0 Å². The highest BCUT2D eigenvalue weighted by Gasteiger charge is 2.17. The minimum atomic E-state index is 0.312. The van der Waals surface area contributed by atoms with Gasteiger partial charge in [0.2, 0.25) is 0 Å². The maximum absolute atomic E-state index is 6.26. The molecule has 5 heteroatoms. The molecule has 1 atom stereocenters. The van der Waals surface area contributed by atoms with E-state index in [0.29, 0.717) is 6.04 Å². The number of thiophene rings is 2. The fourth-order valence-corrected chi connectivity index (χ4v) is 4.61. The van der Waals surface area contributed by atoms with Gasteiger partial charge in [0.1, 0.15) is 0 Å². The molecular weight excluding hydrogens is 350 g/mol. The summed E-state index contributed by atoms with van der Waals surface area (Å²) in [6, 6.07) is 4.39. The normalized spacial score (nSPS) is 12.8. The first-order chi connectivity index (χ1) is 8.72. The van der Waals surface area contributed by atoms with E-state index in [1.165, 1.54) is 14.2 Å². The van der Waals surface area contributed by atoms with Crippen LogP contribution in [0.25, 0.3) is 0 Å². The highest BCUT2D eigenvalue weighted by Crippen LogP contribution is 2.34. The fraction of sp³-hybridized carbons (Fsp3) is 0.385. The van der Waals surface area contributed by atoms with Gasteiger partial charge in [-0.2, -0.15) is 0 Å². The van der Waals surface area contributed by atoms with Crippen LogP contribution in [0.3, 0.4) is 0 Å². The van der Waals surface area contributed by atoms with Crippen LogP contribution < -0.4 is 5.32 Å². The lowest BCUT2D eigenvalue weighted by Crippen LogP contribution is -2.23. The zero-order chi connectivity index (χ0) is 13.0. The van der Waals surface area contributed by atoms with E-state index in [0.717, 1.165) is 24.4 Å². The van der Waals surface area contributed by atoms with Gasteiger partial charge in [0.25, 0.3) is 0 Å². The Morgan fingerprint density at radius 1 is 1.33 bits per heavy atom. The van der Waals surface area contributed by atoms with Crippen molar-refractivity contribution in [3.63, 3.8) is 0 Å². The van der Waals surface area contributed by atoms with E-state index in [-0.39, 0.29) is 0 Å². The zero-order valence-corrected chi connectivity index (χ0v) is 14.1. The predicted octanol–water partition coefficient (Wildman–Crippen LogP) is 5.51. The number of nitrogens with one attached hydrogen (secondary N) is 1. The van der Waals surface area contributed by atoms with E-state index < -0.39 is 0 Å². The van der Waals surface area contributed by atoms with E-state index >= 15 is 0 Å². The van der Waals surface area contributed by atoms with Crippen LogP contribution in [0.1, 0.15) is 29.1 Å². The summed E-state index contributed by atoms with van der Waals surface area (Å²) in [5.41, 5.74) is 0. The third-order valence-electron chi connectivity index (χ3n) is 2.68. The third kappa shape index (κ3) is 3.58. The molecule has 1 N–H and O–H groups in total. The van der Waals surface area contributed by atoms with E-state index in [1.807, 2.05) is 6.07 Å². The second-order valence-corrected chi connectivity index (χ2v) is 7.25. The monoisotopic (exact) mass is 363 g/mol. The Hall–Kier alpha value is 0.130. The molecule has 0 bridgehead atoms. The molecule has 2 aromatic heterocycles. The molecule has 0 spiro atoms. The molecule has 0 saturated heterocycles. The van der Waals surface area contributed by atoms with Gasteiger partial charge in [0.15, 0.2) is 0 Å². The third-order valence-corrected chi connectivity index (χ3v) is 6.10. The Bertz CT molecular complexity index is 495. The largest absolute Gasteiger partial charge is 0.309 e. The van der Waals surface area contributed by atoms with Crippen molar-refractivity contribution in [3.8, 4) is 0 Å². The molecule has 0 amide bonds. The van der Waals surface area contributed by atoms with Crippen molar-refractivity contribution in [2.75, 3.05) is 6.54 Å². The zero-order valence-electron chi connectivity index (χ0n) is 10.1. The van der Waals surface area contributed by atoms with Crippen LogP contribution in [0, 0.1) is 0 Å². The molecule has 0 aliphatic carbocycles. The van der Waals surface area contributed by atoms with Crippen molar-refractivity contribution in [3.05, 3.63) is 42.1 Å². The van der Waals surface area contributed by atoms with Gasteiger partial charge in [-0.1, -0.05) is 18.5 Å². The average Bonchev–Trinajstić information content (AvgIpc) is 2.94. The molecule has 0 aliphatic heterocycles. The molecule has 2 aromatic rings. The average molecular weight is 365 g/mol. The lowest BCUT2D eigenvalue weighted by atomic mass is 10.1. The van der Waals surface area contributed by atoms with E-state index in [9.17, 15) is 0 Å². The highest BCUT2D eigenvalue weighted by atomic mass is 79.9. The van der Waals surface area contributed by atoms with Crippen LogP contribution in [0.4, 0.5) is 0 Å². The lowest BCUT2D eigenvalue weighted by Gasteiger charge is -2.17. The summed E-state index contributed by atoms with van der Waals surface area (Å²) < 4.78 is 1.20. The molecule has 2 rings (SSSR count). The van der Waals surface area contributed by atoms with Gasteiger partial charge in [0.05, 0.1) is 5.02 Å². The Labute approximate surface area is 129 Å². The topological polar surface area (TPSA) is 12.0 Å². The van der Waals surface area contributed by atoms with E-state index in [1.54, 1.807) is 22.7 Å². The van der Waals surface area contributed by atoms with Crippen LogP contribution in [-0.2, 0) is 6.42 Å². The van der Waals surface area contributed by atoms with Crippen molar-refractivity contribution in [2.24, 2.45) is 0 Å². The minimum Gasteiger partial charge on any atom is -0.309 e. The lowest BCUT2D eigenvalue weighted by molar-refractivity contribution is 0.539. The molecule has 2 heterocycles. The number of hydrogen-bond donors (Lipinski definition) is 1. The second-order valence-electron chi connectivity index (χ2n) is 4.04. The maximum Gasteiger partial charge on any atom is 0.0561 e. The molecule has 0 fully saturated rings. The maximum atomic E-state index is 6.26. The van der Waals surface area contributed by atoms with Gasteiger partial charge in [-0.25, -0.2) is 0 Å². The summed E-state index contributed by atoms with van der Waals surface area (Å²) in [5, 5.41) is 8.64. The SMILES string of the molecule is CCCNC(Cc1sccc1Br)c1sccc1Cl. The van der Waals surface area contributed by atoms with Crippen molar-refractivity contribution in [1.29, 1.82) is 0 Å². The standard InChI is InChI=1S/C13H15BrClNS2/c1-2-5-16-11(13-10(15)4-7-18-13)8-12-9(14)3-6-17-12/h3-4,6-7,11,16H,2,5,8H2,1H3. The summed E-state index contributed by atoms with van der Waals surface area (Å²) in [5.74, 6) is 0. The summed E-state index contributed by atoms with van der Waals surface area (Å²) in [6.07, 6.45) is 2.11. The van der Waals surface area contributed by atoms with Crippen LogP contribution in [-0.4, -0.2) is 6.54 Å². The van der Waals surface area contributed by atoms with Crippen LogP contribution in [0.5, 0.6) is 0 Å². The van der Waals surface area contributed by atoms with Crippen molar-refractivity contribution in [2.45, 2.75) is 25.8 Å². The summed E-state index contributed by atoms with van der Waals surface area (Å²) >= 11 is 13.4. The van der Waals surface area contributed by atoms with Crippen LogP contribution >= 0.6 is 50.2 Å². The molecular formula is C13H15BrClNS2. The van der Waals surface area contributed by atoms with Gasteiger partial charge < -0.3 is 5.32 Å². The Morgan fingerprint density at radius 2 is 2.11 bits per heavy atom. The Morgan fingerprint density at radius 3 is 2.67 bits per heavy atom. The number of hydrogen-bond acceptors (Lipinski definition) is 3. The molecule has 0 aliphatic rings. The second kappa shape index (κ2) is 7.06. The van der Waals surface area contributed by atoms with Crippen molar-refractivity contribution >= 4 is 50.2 Å². The predicted molar refractivity (Wildman–Crippen MR) is 86.1 cm³/mol. The number of rotatable bonds is 6. The summed E-state index contributed by atoms with van der Waals surface area (Å²) in [7, 11) is 0. The van der Waals surface area contributed by atoms with Gasteiger partial charge in [0, 0.05) is 26.7 Å². The number of halogens is 2. The fourth-order valence-electron chi connectivity index (χ4n) is 1.79. The summed E-state index contributed by atoms with van der Waals surface area (Å²) in [6.45, 7) is 3.20. The van der Waals surface area contributed by atoms with Crippen LogP contribution in [0.2, 0.25) is 5.02 Å². The minimum absolute atomic E-state index is 0.312. The van der Waals surface area contributed by atoms with Crippen LogP contribution in [0.15, 0.2) is 27.4 Å². The first kappa shape index (κ1) is 14.5. The molecule has 18 heavy (non-hydrogen) atoms. The van der Waals surface area contributed by atoms with Gasteiger partial charge in [-0.15, -0.1) is 22.7 Å². The Kier molecular flexibility index (Phi) is 5.70. The first-order valence-electron chi connectivity index (χ1n) is 5.90. The first-order valence-corrected chi connectivity index (χ1v) is 8.83. The van der Waals surface area contributed by atoms with Crippen molar-refractivity contribution in [1.82, 2.24) is 5.32 Å². The Balaban J connectivity index is 2.15. The van der Waals surface area contributed by atoms with E-state index in [4.69, 9.17) is 11.6 Å². The molecule has 98 valence electrons. The molecule has 0 saturated carbocycles. The molecule has 0 radical (unpaired) electrons. The van der Waals surface area contributed by atoms with Crippen molar-refractivity contribution < 1.29 is 0 Å². The van der Waals surface area contributed by atoms with Gasteiger partial charge >= 0.3 is 0 Å². The van der Waals surface area contributed by atoms with Gasteiger partial charge in [-0.05, 0) is 51.8 Å². The summed E-state index contributed by atoms with van der Waals surface area (Å²) in [4.78, 5) is 2.61.